The summed E-state index contributed by atoms with van der Waals surface area (Å²) in [7, 11) is 0. The van der Waals surface area contributed by atoms with Gasteiger partial charge in [-0.15, -0.1) is 0 Å². The Balaban J connectivity index is 7.98. The molecular weight excluding hydrogens is 675 g/mol. The number of carboxylic acids is 1. The van der Waals surface area contributed by atoms with Crippen molar-refractivity contribution in [3.63, 3.8) is 0 Å². The Morgan fingerprint density at radius 2 is 0.634 bits per heavy atom. The van der Waals surface area contributed by atoms with Crippen molar-refractivity contribution in [2.24, 2.45) is 0 Å². The van der Waals surface area contributed by atoms with E-state index >= 15 is 0 Å². The Kier molecular flexibility index (Phi) is 8.90. The molecule has 0 unspecified atom stereocenters. The molecule has 0 spiro atoms. The Morgan fingerprint density at radius 1 is 0.366 bits per heavy atom. The molecule has 0 atom stereocenters. The fraction of sp³-hybridized carbons (Fsp3) is 0.786. The summed E-state index contributed by atoms with van der Waals surface area (Å²) in [6, 6.07) is 0. The van der Waals surface area contributed by atoms with E-state index in [1.807, 2.05) is 0 Å². The highest BCUT2D eigenvalue weighted by molar-refractivity contribution is 5.90. The quantitative estimate of drug-likeness (QED) is 0.198. The van der Waals surface area contributed by atoms with Gasteiger partial charge in [0.15, 0.2) is 5.57 Å². The van der Waals surface area contributed by atoms with Crippen LogP contribution in [0.25, 0.3) is 0 Å². The molecule has 0 aromatic rings. The van der Waals surface area contributed by atoms with Gasteiger partial charge in [-0.05, 0) is 0 Å². The summed E-state index contributed by atoms with van der Waals surface area (Å²) in [4.78, 5) is 10.5. The van der Waals surface area contributed by atoms with Crippen molar-refractivity contribution in [1.82, 2.24) is 0 Å². The first-order valence-corrected chi connectivity index (χ1v) is 8.40. The van der Waals surface area contributed by atoms with Crippen LogP contribution < -0.4 is 0 Å². The molecule has 0 fully saturated rings. The number of allylic oxidation sites excluding steroid dienone is 1. The number of alkyl halides is 25. The first kappa shape index (κ1) is 38.5. The van der Waals surface area contributed by atoms with Gasteiger partial charge in [-0.1, -0.05) is 0 Å². The summed E-state index contributed by atoms with van der Waals surface area (Å²) in [6.07, 6.45) is -24.1. The minimum atomic E-state index is -9.61. The zero-order chi connectivity index (χ0) is 34.2. The van der Waals surface area contributed by atoms with Crippen LogP contribution in [-0.4, -0.2) is 77.0 Å². The highest BCUT2D eigenvalue weighted by Crippen LogP contribution is 2.66. The monoisotopic (exact) mass is 676 g/mol. The average Bonchev–Trinajstić information content (AvgIpc) is 2.67. The van der Waals surface area contributed by atoms with E-state index in [9.17, 15) is 115 Å². The lowest BCUT2D eigenvalue weighted by Gasteiger charge is -2.43. The fourth-order valence-electron chi connectivity index (χ4n) is 2.34. The molecule has 0 aliphatic rings. The molecule has 0 aliphatic heterocycles. The molecule has 244 valence electrons. The molecule has 0 rings (SSSR count). The van der Waals surface area contributed by atoms with Gasteiger partial charge in [0.2, 0.25) is 0 Å². The summed E-state index contributed by atoms with van der Waals surface area (Å²) in [5.74, 6) is -78.2. The van der Waals surface area contributed by atoms with Crippen LogP contribution in [0.1, 0.15) is 0 Å². The van der Waals surface area contributed by atoms with Gasteiger partial charge in [0.05, 0.1) is 0 Å². The lowest BCUT2D eigenvalue weighted by atomic mass is 9.83. The number of carbonyl (C=O) groups is 1. The second-order valence-electron chi connectivity index (χ2n) is 7.14. The smallest absolute Gasteiger partial charge is 0.460 e. The largest absolute Gasteiger partial charge is 0.478 e. The summed E-state index contributed by atoms with van der Waals surface area (Å²) in [5.41, 5.74) is -11.5. The lowest BCUT2D eigenvalue weighted by molar-refractivity contribution is -0.461. The van der Waals surface area contributed by atoms with Crippen molar-refractivity contribution in [1.29, 1.82) is 0 Å². The van der Waals surface area contributed by atoms with Gasteiger partial charge in [0.1, 0.15) is 5.57 Å². The minimum absolute atomic E-state index is 4.64. The number of aliphatic carboxylic acids is 1. The van der Waals surface area contributed by atoms with E-state index in [2.05, 4.69) is 0 Å². The van der Waals surface area contributed by atoms with Gasteiger partial charge < -0.3 is 5.11 Å². The third-order valence-corrected chi connectivity index (χ3v) is 4.45. The van der Waals surface area contributed by atoms with Crippen molar-refractivity contribution < 1.29 is 120 Å². The Labute approximate surface area is 204 Å². The standard InChI is InChI=1S/C14HF25O2/c15-4(16,2(5(17,18)13(34,35)36)1(3(40)41)6(19,20)21)7(22,23)8(24,25)9(26,27)10(28,29)11(30,31)12(32,33)14(37,38)39/h(H,40,41). The zero-order valence-electron chi connectivity index (χ0n) is 17.3. The molecule has 0 bridgehead atoms. The maximum atomic E-state index is 14.0. The number of hydrogen-bond donors (Lipinski definition) is 1. The highest BCUT2D eigenvalue weighted by Gasteiger charge is 2.96. The third kappa shape index (κ3) is 5.17. The van der Waals surface area contributed by atoms with Gasteiger partial charge in [-0.2, -0.15) is 110 Å². The van der Waals surface area contributed by atoms with Gasteiger partial charge in [-0.3, -0.25) is 0 Å². The molecule has 0 saturated heterocycles. The van der Waals surface area contributed by atoms with Crippen LogP contribution in [0, 0.1) is 0 Å². The van der Waals surface area contributed by atoms with Crippen molar-refractivity contribution in [2.75, 3.05) is 0 Å². The molecule has 0 amide bonds. The van der Waals surface area contributed by atoms with E-state index in [1.165, 1.54) is 0 Å². The predicted octanol–water partition coefficient (Wildman–Crippen LogP) is 8.14. The van der Waals surface area contributed by atoms with Gasteiger partial charge in [-0.25, -0.2) is 4.79 Å². The van der Waals surface area contributed by atoms with E-state index in [-0.39, 0.29) is 0 Å². The van der Waals surface area contributed by atoms with Gasteiger partial charge in [0.25, 0.3) is 0 Å². The van der Waals surface area contributed by atoms with Crippen molar-refractivity contribution in [3.05, 3.63) is 11.1 Å². The van der Waals surface area contributed by atoms with Crippen molar-refractivity contribution in [3.8, 4) is 0 Å². The Hall–Kier alpha value is -2.54. The van der Waals surface area contributed by atoms with Crippen molar-refractivity contribution in [2.45, 2.75) is 65.9 Å². The average molecular weight is 676 g/mol. The van der Waals surface area contributed by atoms with E-state index < -0.39 is 83.0 Å². The summed E-state index contributed by atoms with van der Waals surface area (Å²) >= 11 is 0. The molecule has 0 aromatic heterocycles. The van der Waals surface area contributed by atoms with Crippen LogP contribution in [0.4, 0.5) is 110 Å². The molecule has 0 radical (unpaired) electrons. The summed E-state index contributed by atoms with van der Waals surface area (Å²) in [5, 5.41) is 8.10. The number of hydrogen-bond acceptors (Lipinski definition) is 1. The second kappa shape index (κ2) is 9.48. The molecule has 0 saturated carbocycles. The number of halogens is 25. The van der Waals surface area contributed by atoms with Crippen LogP contribution in [0.5, 0.6) is 0 Å². The van der Waals surface area contributed by atoms with E-state index in [1.54, 1.807) is 0 Å². The highest BCUT2D eigenvalue weighted by atomic mass is 19.4. The normalized spacial score (nSPS) is 17.0. The second-order valence-corrected chi connectivity index (χ2v) is 7.14. The van der Waals surface area contributed by atoms with E-state index in [4.69, 9.17) is 5.11 Å². The van der Waals surface area contributed by atoms with Crippen LogP contribution in [0.2, 0.25) is 0 Å². The topological polar surface area (TPSA) is 37.3 Å². The molecule has 1 N–H and O–H groups in total. The SMILES string of the molecule is O=C(O)C(=C(C(F)(F)C(F)(F)F)C(F)(F)C(F)(F)C(F)(F)C(F)(F)C(F)(F)C(F)(F)C(F)(F)C(F)(F)F)C(F)(F)F. The minimum Gasteiger partial charge on any atom is -0.478 e. The number of carboxylic acid groups (broad SMARTS) is 1. The summed E-state index contributed by atoms with van der Waals surface area (Å²) in [6.45, 7) is 0. The van der Waals surface area contributed by atoms with Crippen LogP contribution in [-0.2, 0) is 4.79 Å². The predicted molar refractivity (Wildman–Crippen MR) is 72.4 cm³/mol. The fourth-order valence-corrected chi connectivity index (χ4v) is 2.34. The maximum Gasteiger partial charge on any atom is 0.460 e. The Bertz CT molecular complexity index is 1030. The molecular formula is C14HF25O2. The molecule has 27 heteroatoms. The molecule has 41 heavy (non-hydrogen) atoms. The van der Waals surface area contributed by atoms with Gasteiger partial charge >= 0.3 is 71.9 Å². The Morgan fingerprint density at radius 3 is 0.854 bits per heavy atom. The summed E-state index contributed by atoms with van der Waals surface area (Å²) < 4.78 is 327. The lowest BCUT2D eigenvalue weighted by Crippen LogP contribution is -2.75. The van der Waals surface area contributed by atoms with Crippen LogP contribution >= 0.6 is 0 Å². The van der Waals surface area contributed by atoms with E-state index in [0.717, 1.165) is 0 Å². The van der Waals surface area contributed by atoms with E-state index in [0.29, 0.717) is 0 Å². The van der Waals surface area contributed by atoms with Crippen LogP contribution in [0.15, 0.2) is 11.1 Å². The molecule has 0 aliphatic carbocycles. The zero-order valence-corrected chi connectivity index (χ0v) is 17.3. The van der Waals surface area contributed by atoms with Crippen molar-refractivity contribution >= 4 is 5.97 Å². The van der Waals surface area contributed by atoms with Gasteiger partial charge in [0, 0.05) is 0 Å². The third-order valence-electron chi connectivity index (χ3n) is 4.45. The van der Waals surface area contributed by atoms with Crippen LogP contribution in [0.3, 0.4) is 0 Å². The molecule has 0 aromatic carbocycles. The first-order chi connectivity index (χ1) is 17.2. The first-order valence-electron chi connectivity index (χ1n) is 8.40. The maximum absolute atomic E-state index is 14.0. The molecule has 0 heterocycles. The molecule has 2 nitrogen and oxygen atoms in total. The number of rotatable bonds is 9.